The Morgan fingerprint density at radius 2 is 1.62 bits per heavy atom. The number of anilines is 1. The predicted molar refractivity (Wildman–Crippen MR) is 138 cm³/mol. The number of allylic oxidation sites excluding steroid dienone is 2. The lowest BCUT2D eigenvalue weighted by molar-refractivity contribution is -0.485. The summed E-state index contributed by atoms with van der Waals surface area (Å²) in [4.78, 5) is 66.9. The molecule has 2 aromatic carbocycles. The molecule has 2 aromatic rings. The van der Waals surface area contributed by atoms with E-state index in [1.165, 1.54) is 4.90 Å². The summed E-state index contributed by atoms with van der Waals surface area (Å²) in [6.07, 6.45) is 2.14. The van der Waals surface area contributed by atoms with Gasteiger partial charge in [-0.2, -0.15) is 0 Å². The van der Waals surface area contributed by atoms with Crippen LogP contribution in [0.2, 0.25) is 0 Å². The molecule has 1 saturated heterocycles. The highest BCUT2D eigenvalue weighted by molar-refractivity contribution is 6.22. The minimum Gasteiger partial charge on any atom is -0.468 e. The van der Waals surface area contributed by atoms with Crippen molar-refractivity contribution in [2.24, 2.45) is 23.2 Å². The van der Waals surface area contributed by atoms with Crippen LogP contribution in [0.3, 0.4) is 0 Å². The zero-order valence-corrected chi connectivity index (χ0v) is 21.6. The van der Waals surface area contributed by atoms with E-state index in [4.69, 9.17) is 9.47 Å². The molecule has 0 aromatic heterocycles. The van der Waals surface area contributed by atoms with Gasteiger partial charge in [0.15, 0.2) is 5.41 Å². The number of carbonyl (C=O) groups is 4. The van der Waals surface area contributed by atoms with Crippen molar-refractivity contribution in [1.29, 1.82) is 0 Å². The maximum absolute atomic E-state index is 13.9. The van der Waals surface area contributed by atoms with E-state index < -0.39 is 52.5 Å². The lowest BCUT2D eigenvalue weighted by Gasteiger charge is -2.42. The molecule has 0 spiro atoms. The second kappa shape index (κ2) is 10.1. The van der Waals surface area contributed by atoms with Crippen LogP contribution in [0.25, 0.3) is 0 Å². The molecule has 2 amide bonds. The molecule has 10 nitrogen and oxygen atoms in total. The highest BCUT2D eigenvalue weighted by Crippen LogP contribution is 2.53. The van der Waals surface area contributed by atoms with Crippen LogP contribution in [-0.4, -0.2) is 49.4 Å². The van der Waals surface area contributed by atoms with Crippen LogP contribution in [0.15, 0.2) is 66.2 Å². The van der Waals surface area contributed by atoms with Crippen LogP contribution in [0.4, 0.5) is 5.69 Å². The van der Waals surface area contributed by atoms with Crippen LogP contribution >= 0.6 is 0 Å². The van der Waals surface area contributed by atoms with E-state index in [1.807, 2.05) is 6.08 Å². The number of carbonyl (C=O) groups excluding carboxylic acids is 4. The molecule has 1 heterocycles. The van der Waals surface area contributed by atoms with Gasteiger partial charge < -0.3 is 9.47 Å². The number of para-hydroxylation sites is 1. The van der Waals surface area contributed by atoms with Crippen molar-refractivity contribution in [3.63, 3.8) is 0 Å². The quantitative estimate of drug-likeness (QED) is 0.143. The van der Waals surface area contributed by atoms with Gasteiger partial charge in [0, 0.05) is 4.92 Å². The predicted octanol–water partition coefficient (Wildman–Crippen LogP) is 3.08. The second-order valence-electron chi connectivity index (χ2n) is 10.2. The highest BCUT2D eigenvalue weighted by atomic mass is 16.6. The van der Waals surface area contributed by atoms with Crippen molar-refractivity contribution >= 4 is 29.4 Å². The lowest BCUT2D eigenvalue weighted by atomic mass is 9.59. The Morgan fingerprint density at radius 3 is 2.26 bits per heavy atom. The fourth-order valence-corrected chi connectivity index (χ4v) is 6.69. The summed E-state index contributed by atoms with van der Waals surface area (Å²) < 4.78 is 10.2. The third kappa shape index (κ3) is 4.10. The number of nitrogens with zero attached hydrogens (tertiary/aromatic N) is 2. The molecule has 0 N–H and O–H groups in total. The number of hydrogen-bond donors (Lipinski definition) is 0. The average molecular weight is 533 g/mol. The third-order valence-corrected chi connectivity index (χ3v) is 8.41. The number of rotatable bonds is 5. The number of ether oxygens (including phenoxy) is 2. The monoisotopic (exact) mass is 532 g/mol. The fourth-order valence-electron chi connectivity index (χ4n) is 6.69. The number of methoxy groups -OCH3 is 2. The Hall–Kier alpha value is -4.34. The normalized spacial score (nSPS) is 25.3. The molecule has 202 valence electrons. The molecule has 0 radical (unpaired) electrons. The van der Waals surface area contributed by atoms with E-state index in [9.17, 15) is 29.3 Å². The molecule has 10 heteroatoms. The number of nitro groups is 1. The largest absolute Gasteiger partial charge is 0.468 e. The van der Waals surface area contributed by atoms with E-state index in [0.717, 1.165) is 14.2 Å². The number of imide groups is 1. The first kappa shape index (κ1) is 26.3. The van der Waals surface area contributed by atoms with Crippen molar-refractivity contribution in [3.05, 3.63) is 87.5 Å². The molecule has 1 fully saturated rings. The summed E-state index contributed by atoms with van der Waals surface area (Å²) in [5, 5.41) is 11.9. The van der Waals surface area contributed by atoms with Crippen molar-refractivity contribution in [2.45, 2.75) is 25.2 Å². The van der Waals surface area contributed by atoms with Gasteiger partial charge in [-0.3, -0.25) is 34.2 Å². The molecule has 5 rings (SSSR count). The Balaban J connectivity index is 1.69. The zero-order valence-electron chi connectivity index (χ0n) is 21.6. The molecular weight excluding hydrogens is 504 g/mol. The zero-order chi connectivity index (χ0) is 27.9. The SMILES string of the molecule is COC(=O)C1(C(=O)OC)CC2=CC[C@@H]3C(=O)N(c4ccccc4)C(=O)[C@@H]3[C@@H]2Cc2ccccc2[C@@H]1C[N+](=O)[O-]. The van der Waals surface area contributed by atoms with Crippen LogP contribution in [0.1, 0.15) is 29.9 Å². The van der Waals surface area contributed by atoms with Crippen molar-refractivity contribution in [1.82, 2.24) is 0 Å². The molecule has 4 atom stereocenters. The fraction of sp³-hybridized carbons (Fsp3) is 0.379. The maximum Gasteiger partial charge on any atom is 0.324 e. The molecule has 39 heavy (non-hydrogen) atoms. The first-order chi connectivity index (χ1) is 18.7. The van der Waals surface area contributed by atoms with Crippen LogP contribution in [0.5, 0.6) is 0 Å². The summed E-state index contributed by atoms with van der Waals surface area (Å²) in [5.41, 5.74) is 0.152. The first-order valence-corrected chi connectivity index (χ1v) is 12.7. The van der Waals surface area contributed by atoms with Gasteiger partial charge in [0.25, 0.3) is 0 Å². The number of hydrogen-bond acceptors (Lipinski definition) is 8. The van der Waals surface area contributed by atoms with Crippen molar-refractivity contribution < 1.29 is 33.6 Å². The Labute approximate surface area is 224 Å². The number of esters is 2. The summed E-state index contributed by atoms with van der Waals surface area (Å²) >= 11 is 0. The summed E-state index contributed by atoms with van der Waals surface area (Å²) in [6, 6.07) is 15.6. The smallest absolute Gasteiger partial charge is 0.324 e. The number of amides is 2. The molecule has 1 aliphatic heterocycles. The van der Waals surface area contributed by atoms with E-state index in [-0.39, 0.29) is 24.7 Å². The minimum absolute atomic E-state index is 0.222. The first-order valence-electron chi connectivity index (χ1n) is 12.7. The Morgan fingerprint density at radius 1 is 0.974 bits per heavy atom. The van der Waals surface area contributed by atoms with Gasteiger partial charge in [-0.25, -0.2) is 0 Å². The van der Waals surface area contributed by atoms with Gasteiger partial charge >= 0.3 is 11.9 Å². The average Bonchev–Trinajstić information content (AvgIpc) is 3.19. The van der Waals surface area contributed by atoms with Gasteiger partial charge in [-0.1, -0.05) is 54.1 Å². The Bertz CT molecular complexity index is 1370. The van der Waals surface area contributed by atoms with Gasteiger partial charge in [0.1, 0.15) is 0 Å². The lowest BCUT2D eigenvalue weighted by Crippen LogP contribution is -2.51. The standard InChI is InChI=1S/C29H28N2O8/c1-38-27(34)29(28(35)39-2)15-18-12-13-21-24(26(33)31(25(21)32)19-9-4-3-5-10-19)22(18)14-17-8-6-7-11-20(17)23(29)16-30(36)37/h3-12,21-24H,13-16H2,1-2H3/t21-,22+,23-,24-/m0/s1. The summed E-state index contributed by atoms with van der Waals surface area (Å²) in [7, 11) is 2.25. The van der Waals surface area contributed by atoms with Gasteiger partial charge in [0.2, 0.25) is 18.4 Å². The van der Waals surface area contributed by atoms with Gasteiger partial charge in [0.05, 0.1) is 37.7 Å². The van der Waals surface area contributed by atoms with Gasteiger partial charge in [-0.05, 0) is 48.4 Å². The molecule has 2 aliphatic carbocycles. The Kier molecular flexibility index (Phi) is 6.80. The van der Waals surface area contributed by atoms with Crippen LogP contribution in [-0.2, 0) is 35.1 Å². The van der Waals surface area contributed by atoms with Crippen LogP contribution < -0.4 is 4.90 Å². The number of fused-ring (bicyclic) bond motifs is 4. The summed E-state index contributed by atoms with van der Waals surface area (Å²) in [6.45, 7) is -0.704. The number of benzene rings is 2. The van der Waals surface area contributed by atoms with Crippen molar-refractivity contribution in [3.8, 4) is 0 Å². The molecule has 0 unspecified atom stereocenters. The van der Waals surface area contributed by atoms with Crippen molar-refractivity contribution in [2.75, 3.05) is 25.7 Å². The molecule has 3 aliphatic rings. The molecule has 0 bridgehead atoms. The highest BCUT2D eigenvalue weighted by Gasteiger charge is 2.61. The third-order valence-electron chi connectivity index (χ3n) is 8.41. The van der Waals surface area contributed by atoms with E-state index in [0.29, 0.717) is 28.8 Å². The summed E-state index contributed by atoms with van der Waals surface area (Å²) in [5.74, 6) is -5.53. The van der Waals surface area contributed by atoms with E-state index in [2.05, 4.69) is 0 Å². The molecule has 0 saturated carbocycles. The minimum atomic E-state index is -2.06. The topological polar surface area (TPSA) is 133 Å². The van der Waals surface area contributed by atoms with E-state index >= 15 is 0 Å². The van der Waals surface area contributed by atoms with Crippen LogP contribution in [0, 0.1) is 33.3 Å². The van der Waals surface area contributed by atoms with E-state index in [1.54, 1.807) is 54.6 Å². The second-order valence-corrected chi connectivity index (χ2v) is 10.2. The van der Waals surface area contributed by atoms with Gasteiger partial charge in [-0.15, -0.1) is 0 Å². The molecular formula is C29H28N2O8. The maximum atomic E-state index is 13.9.